The molecule has 1 atom stereocenters. The molecule has 3 N–H and O–H groups in total. The van der Waals surface area contributed by atoms with Crippen LogP contribution in [-0.4, -0.2) is 66.8 Å². The third-order valence-corrected chi connectivity index (χ3v) is 6.54. The highest BCUT2D eigenvalue weighted by Gasteiger charge is 2.32. The zero-order valence-corrected chi connectivity index (χ0v) is 24.2. The summed E-state index contributed by atoms with van der Waals surface area (Å²) in [4.78, 5) is 42.2. The van der Waals surface area contributed by atoms with Crippen LogP contribution in [-0.2, 0) is 27.5 Å². The van der Waals surface area contributed by atoms with E-state index in [-0.39, 0.29) is 24.4 Å². The van der Waals surface area contributed by atoms with Gasteiger partial charge in [0.2, 0.25) is 12.3 Å². The number of amides is 3. The minimum atomic E-state index is -0.761. The number of likely N-dealkylation sites (tertiary alicyclic amines) is 2. The van der Waals surface area contributed by atoms with Crippen LogP contribution in [0.1, 0.15) is 49.3 Å². The number of carbonyl (C=O) groups excluding carboxylic acids is 3. The van der Waals surface area contributed by atoms with E-state index in [9.17, 15) is 14.4 Å². The minimum absolute atomic E-state index is 0.0507. The van der Waals surface area contributed by atoms with Gasteiger partial charge in [-0.2, -0.15) is 4.99 Å². The van der Waals surface area contributed by atoms with Crippen molar-refractivity contribution in [2.24, 2.45) is 10.7 Å². The van der Waals surface area contributed by atoms with Crippen molar-refractivity contribution in [2.75, 3.05) is 26.7 Å². The van der Waals surface area contributed by atoms with Crippen LogP contribution in [0.3, 0.4) is 0 Å². The maximum Gasteiger partial charge on any atom is 0.435 e. The van der Waals surface area contributed by atoms with Crippen LogP contribution in [0.2, 0.25) is 0 Å². The van der Waals surface area contributed by atoms with Crippen LogP contribution in [0, 0.1) is 0 Å². The molecule has 1 unspecified atom stereocenters. The molecule has 9 heteroatoms. The number of nitrogens with one attached hydrogen (secondary N) is 1. The number of hydrogen-bond donors (Lipinski definition) is 2. The Morgan fingerprint density at radius 1 is 1.05 bits per heavy atom. The predicted octanol–water partition coefficient (Wildman–Crippen LogP) is 4.43. The van der Waals surface area contributed by atoms with Crippen molar-refractivity contribution in [3.05, 3.63) is 96.1 Å². The van der Waals surface area contributed by atoms with Gasteiger partial charge in [0.15, 0.2) is 0 Å². The molecule has 0 saturated carbocycles. The standard InChI is InChI=1S/C21H22N4O4.C6H13N.C5H8/c22-19(24-21(28)29-13-16-4-2-1-3-5-16)17-8-6-15(7-9-17)12-23-20(27)18-10-11-25(18)14-26;1-7-5-3-2-4-6-7;1-3-5-4-2/h1-9,14,18H,10-13H2,(H,23,27)(H2,22,24,28);2-6H2,1H3;3-5H,1H2,2H3/b;;5-4-. The first kappa shape index (κ1) is 33.0. The lowest BCUT2D eigenvalue weighted by Gasteiger charge is -2.36. The average molecular weight is 562 g/mol. The SMILES string of the molecule is C=C/C=C\C.CN1CCCCC1.N/C(=N\C(=O)OCc1ccccc1)c1ccc(CNC(=O)C2CCN2C=O)cc1. The molecule has 0 radical (unpaired) electrons. The number of piperidine rings is 1. The molecular weight excluding hydrogens is 518 g/mol. The number of amidine groups is 1. The second-order valence-corrected chi connectivity index (χ2v) is 9.73. The van der Waals surface area contributed by atoms with Gasteiger partial charge in [-0.05, 0) is 57.5 Å². The van der Waals surface area contributed by atoms with E-state index in [1.807, 2.05) is 49.4 Å². The Kier molecular flexibility index (Phi) is 15.2. The maximum absolute atomic E-state index is 12.0. The second-order valence-electron chi connectivity index (χ2n) is 9.73. The molecule has 9 nitrogen and oxygen atoms in total. The minimum Gasteiger partial charge on any atom is -0.443 e. The van der Waals surface area contributed by atoms with Gasteiger partial charge in [0, 0.05) is 18.7 Å². The van der Waals surface area contributed by atoms with E-state index in [1.54, 1.807) is 30.3 Å². The van der Waals surface area contributed by atoms with E-state index in [0.29, 0.717) is 31.5 Å². The number of aliphatic imine (C=N–C) groups is 1. The van der Waals surface area contributed by atoms with E-state index in [1.165, 1.54) is 37.3 Å². The summed E-state index contributed by atoms with van der Waals surface area (Å²) in [6.07, 6.45) is 10.5. The molecule has 2 aromatic rings. The first-order chi connectivity index (χ1) is 19.9. The third-order valence-electron chi connectivity index (χ3n) is 6.54. The largest absolute Gasteiger partial charge is 0.443 e. The smallest absolute Gasteiger partial charge is 0.435 e. The van der Waals surface area contributed by atoms with Crippen LogP contribution in [0.4, 0.5) is 4.79 Å². The Balaban J connectivity index is 0.000000406. The number of nitrogens with zero attached hydrogens (tertiary/aromatic N) is 3. The predicted molar refractivity (Wildman–Crippen MR) is 163 cm³/mol. The van der Waals surface area contributed by atoms with Gasteiger partial charge >= 0.3 is 6.09 Å². The Morgan fingerprint density at radius 3 is 2.22 bits per heavy atom. The highest BCUT2D eigenvalue weighted by atomic mass is 16.5. The van der Waals surface area contributed by atoms with Gasteiger partial charge in [0.25, 0.3) is 0 Å². The summed E-state index contributed by atoms with van der Waals surface area (Å²) in [7, 11) is 2.19. The van der Waals surface area contributed by atoms with Crippen LogP contribution in [0.15, 0.2) is 84.4 Å². The number of nitrogens with two attached hydrogens (primary N) is 1. The van der Waals surface area contributed by atoms with Gasteiger partial charge in [-0.1, -0.05) is 85.8 Å². The number of allylic oxidation sites excluding steroid dienone is 3. The molecular formula is C32H43N5O4. The van der Waals surface area contributed by atoms with Crippen LogP contribution in [0.25, 0.3) is 0 Å². The summed E-state index contributed by atoms with van der Waals surface area (Å²) in [5.74, 6) is -0.121. The Hall–Kier alpha value is -4.24. The van der Waals surface area contributed by atoms with E-state index >= 15 is 0 Å². The van der Waals surface area contributed by atoms with E-state index in [4.69, 9.17) is 10.5 Å². The van der Waals surface area contributed by atoms with Crippen molar-refractivity contribution in [3.8, 4) is 0 Å². The van der Waals surface area contributed by atoms with E-state index in [0.717, 1.165) is 11.1 Å². The molecule has 3 amide bonds. The van der Waals surface area contributed by atoms with Crippen molar-refractivity contribution in [1.82, 2.24) is 15.1 Å². The fourth-order valence-electron chi connectivity index (χ4n) is 4.02. The maximum atomic E-state index is 12.0. The molecule has 0 spiro atoms. The summed E-state index contributed by atoms with van der Waals surface area (Å²) in [6, 6.07) is 15.9. The fraction of sp³-hybridized carbons (Fsp3) is 0.375. The first-order valence-electron chi connectivity index (χ1n) is 13.9. The normalized spacial score (nSPS) is 16.7. The molecule has 2 aromatic carbocycles. The van der Waals surface area contributed by atoms with E-state index in [2.05, 4.69) is 28.8 Å². The average Bonchev–Trinajstić information content (AvgIpc) is 2.97. The molecule has 0 aromatic heterocycles. The third kappa shape index (κ3) is 12.7. The molecule has 2 saturated heterocycles. The van der Waals surface area contributed by atoms with Gasteiger partial charge < -0.3 is 25.6 Å². The number of benzene rings is 2. The molecule has 0 bridgehead atoms. The van der Waals surface area contributed by atoms with Crippen LogP contribution in [0.5, 0.6) is 0 Å². The second kappa shape index (κ2) is 18.9. The summed E-state index contributed by atoms with van der Waals surface area (Å²) in [6.45, 7) is 9.13. The molecule has 41 heavy (non-hydrogen) atoms. The van der Waals surface area contributed by atoms with E-state index < -0.39 is 6.09 Å². The van der Waals surface area contributed by atoms with Crippen molar-refractivity contribution >= 4 is 24.2 Å². The van der Waals surface area contributed by atoms with Crippen LogP contribution < -0.4 is 11.1 Å². The number of ether oxygens (including phenoxy) is 1. The Labute approximate surface area is 243 Å². The molecule has 0 aliphatic carbocycles. The fourth-order valence-corrected chi connectivity index (χ4v) is 4.02. The molecule has 2 aliphatic heterocycles. The zero-order chi connectivity index (χ0) is 29.9. The lowest BCUT2D eigenvalue weighted by atomic mass is 10.0. The van der Waals surface area contributed by atoms with Gasteiger partial charge in [0.1, 0.15) is 18.5 Å². The molecule has 4 rings (SSSR count). The molecule has 2 aliphatic rings. The summed E-state index contributed by atoms with van der Waals surface area (Å²) in [5.41, 5.74) is 8.17. The number of carbonyl (C=O) groups is 3. The number of hydrogen-bond acceptors (Lipinski definition) is 5. The van der Waals surface area contributed by atoms with Gasteiger partial charge in [-0.15, -0.1) is 0 Å². The van der Waals surface area contributed by atoms with Crippen molar-refractivity contribution in [2.45, 2.75) is 51.8 Å². The van der Waals surface area contributed by atoms with Gasteiger partial charge in [-0.25, -0.2) is 4.79 Å². The van der Waals surface area contributed by atoms with Crippen molar-refractivity contribution in [1.29, 1.82) is 0 Å². The van der Waals surface area contributed by atoms with Crippen molar-refractivity contribution < 1.29 is 19.1 Å². The quantitative estimate of drug-likeness (QED) is 0.213. The molecule has 2 fully saturated rings. The lowest BCUT2D eigenvalue weighted by Crippen LogP contribution is -2.55. The monoisotopic (exact) mass is 561 g/mol. The highest BCUT2D eigenvalue weighted by molar-refractivity contribution is 6.02. The Morgan fingerprint density at radius 2 is 1.73 bits per heavy atom. The highest BCUT2D eigenvalue weighted by Crippen LogP contribution is 2.15. The first-order valence-corrected chi connectivity index (χ1v) is 13.9. The number of rotatable bonds is 8. The molecule has 2 heterocycles. The van der Waals surface area contributed by atoms with Crippen LogP contribution >= 0.6 is 0 Å². The topological polar surface area (TPSA) is 117 Å². The van der Waals surface area contributed by atoms with Gasteiger partial charge in [-0.3, -0.25) is 9.59 Å². The van der Waals surface area contributed by atoms with Gasteiger partial charge in [0.05, 0.1) is 0 Å². The summed E-state index contributed by atoms with van der Waals surface area (Å²) >= 11 is 0. The summed E-state index contributed by atoms with van der Waals surface area (Å²) < 4.78 is 5.08. The van der Waals surface area contributed by atoms with Crippen molar-refractivity contribution in [3.63, 3.8) is 0 Å². The Bertz CT molecular complexity index is 1140. The lowest BCUT2D eigenvalue weighted by molar-refractivity contribution is -0.139. The zero-order valence-electron chi connectivity index (χ0n) is 24.2. The molecule has 220 valence electrons. The summed E-state index contributed by atoms with van der Waals surface area (Å²) in [5, 5.41) is 2.80.